The highest BCUT2D eigenvalue weighted by Gasteiger charge is 2.34. The van der Waals surface area contributed by atoms with Crippen LogP contribution in [0.5, 0.6) is 5.75 Å². The van der Waals surface area contributed by atoms with Crippen molar-refractivity contribution in [1.29, 1.82) is 0 Å². The first kappa shape index (κ1) is 23.9. The highest BCUT2D eigenvalue weighted by Crippen LogP contribution is 2.34. The number of hydrogen-bond donors (Lipinski definition) is 0. The van der Waals surface area contributed by atoms with Crippen molar-refractivity contribution in [2.45, 2.75) is 19.4 Å². The maximum Gasteiger partial charge on any atom is 0.269 e. The minimum Gasteiger partial charge on any atom is -0.497 e. The number of nitro benzene ring substituents is 1. The lowest BCUT2D eigenvalue weighted by atomic mass is 9.98. The Morgan fingerprint density at radius 1 is 1.15 bits per heavy atom. The Hall–Kier alpha value is -3.79. The third-order valence-electron chi connectivity index (χ3n) is 5.41. The predicted octanol–water partition coefficient (Wildman–Crippen LogP) is 2.78. The summed E-state index contributed by atoms with van der Waals surface area (Å²) in [4.78, 5) is 37.1. The van der Waals surface area contributed by atoms with Crippen molar-refractivity contribution in [1.82, 2.24) is 9.91 Å². The Kier molecular flexibility index (Phi) is 7.73. The number of non-ortho nitro benzene ring substituents is 1. The molecule has 0 bridgehead atoms. The van der Waals surface area contributed by atoms with Crippen LogP contribution in [0.1, 0.15) is 30.5 Å². The number of benzene rings is 2. The summed E-state index contributed by atoms with van der Waals surface area (Å²) in [7, 11) is 3.10. The highest BCUT2D eigenvalue weighted by atomic mass is 16.6. The molecule has 0 unspecified atom stereocenters. The summed E-state index contributed by atoms with van der Waals surface area (Å²) >= 11 is 0. The van der Waals surface area contributed by atoms with E-state index in [4.69, 9.17) is 9.47 Å². The topological polar surface area (TPSA) is 115 Å². The van der Waals surface area contributed by atoms with Gasteiger partial charge in [0, 0.05) is 39.1 Å². The summed E-state index contributed by atoms with van der Waals surface area (Å²) in [6.45, 7) is 1.87. The molecular weight excluding hydrogens is 428 g/mol. The van der Waals surface area contributed by atoms with Crippen LogP contribution in [0.3, 0.4) is 0 Å². The fourth-order valence-corrected chi connectivity index (χ4v) is 3.56. The van der Waals surface area contributed by atoms with Gasteiger partial charge in [-0.3, -0.25) is 19.7 Å². The molecule has 10 nitrogen and oxygen atoms in total. The molecule has 0 N–H and O–H groups in total. The molecule has 10 heteroatoms. The van der Waals surface area contributed by atoms with Crippen LogP contribution in [-0.2, 0) is 14.3 Å². The second kappa shape index (κ2) is 10.7. The predicted molar refractivity (Wildman–Crippen MR) is 121 cm³/mol. The van der Waals surface area contributed by atoms with E-state index in [2.05, 4.69) is 5.10 Å². The number of methoxy groups -OCH3 is 2. The zero-order valence-corrected chi connectivity index (χ0v) is 18.8. The molecule has 174 valence electrons. The lowest BCUT2D eigenvalue weighted by Crippen LogP contribution is -2.41. The van der Waals surface area contributed by atoms with Gasteiger partial charge in [0.2, 0.25) is 5.91 Å². The fraction of sp³-hybridized carbons (Fsp3) is 0.348. The van der Waals surface area contributed by atoms with E-state index in [9.17, 15) is 19.7 Å². The van der Waals surface area contributed by atoms with Gasteiger partial charge in [0.15, 0.2) is 0 Å². The van der Waals surface area contributed by atoms with E-state index in [-0.39, 0.29) is 36.6 Å². The molecule has 2 aromatic rings. The van der Waals surface area contributed by atoms with E-state index in [1.54, 1.807) is 19.2 Å². The van der Waals surface area contributed by atoms with Gasteiger partial charge in [-0.15, -0.1) is 0 Å². The monoisotopic (exact) mass is 454 g/mol. The van der Waals surface area contributed by atoms with Crippen LogP contribution < -0.4 is 4.74 Å². The molecule has 2 amide bonds. The molecule has 0 saturated carbocycles. The first-order chi connectivity index (χ1) is 15.8. The largest absolute Gasteiger partial charge is 0.497 e. The van der Waals surface area contributed by atoms with E-state index < -0.39 is 4.92 Å². The van der Waals surface area contributed by atoms with Gasteiger partial charge in [0.05, 0.1) is 30.4 Å². The summed E-state index contributed by atoms with van der Waals surface area (Å²) in [5.74, 6) is 0.118. The number of hydrazone groups is 1. The molecule has 0 spiro atoms. The molecule has 0 radical (unpaired) electrons. The number of rotatable bonds is 9. The van der Waals surface area contributed by atoms with Crippen molar-refractivity contribution in [3.05, 3.63) is 69.8 Å². The molecule has 2 aromatic carbocycles. The summed E-state index contributed by atoms with van der Waals surface area (Å²) in [5, 5.41) is 16.9. The standard InChI is InChI=1S/C23H26N4O6/c1-16(28)25(12-13-32-2)15-23(29)26-22(18-6-10-20(33-3)11-7-18)14-21(24-26)17-4-8-19(9-5-17)27(30)31/h4-11,22H,12-15H2,1-3H3/t22-/m1/s1. The molecule has 0 aromatic heterocycles. The smallest absolute Gasteiger partial charge is 0.269 e. The molecule has 33 heavy (non-hydrogen) atoms. The molecule has 1 aliphatic rings. The Labute approximate surface area is 191 Å². The zero-order valence-electron chi connectivity index (χ0n) is 18.8. The Morgan fingerprint density at radius 2 is 1.82 bits per heavy atom. The molecular formula is C23H26N4O6. The molecule has 0 saturated heterocycles. The number of nitrogens with zero attached hydrogens (tertiary/aromatic N) is 4. The summed E-state index contributed by atoms with van der Waals surface area (Å²) in [6, 6.07) is 13.0. The van der Waals surface area contributed by atoms with Crippen molar-refractivity contribution in [3.8, 4) is 5.75 Å². The average molecular weight is 454 g/mol. The minimum absolute atomic E-state index is 0.0211. The van der Waals surface area contributed by atoms with E-state index in [1.807, 2.05) is 24.3 Å². The first-order valence-corrected chi connectivity index (χ1v) is 10.4. The second-order valence-electron chi connectivity index (χ2n) is 7.52. The Morgan fingerprint density at radius 3 is 2.36 bits per heavy atom. The Balaban J connectivity index is 1.90. The van der Waals surface area contributed by atoms with Crippen LogP contribution in [0.15, 0.2) is 53.6 Å². The first-order valence-electron chi connectivity index (χ1n) is 10.4. The van der Waals surface area contributed by atoms with E-state index in [1.165, 1.54) is 36.1 Å². The van der Waals surface area contributed by atoms with Crippen molar-refractivity contribution >= 4 is 23.2 Å². The van der Waals surface area contributed by atoms with Crippen molar-refractivity contribution in [2.24, 2.45) is 5.10 Å². The van der Waals surface area contributed by atoms with Crippen molar-refractivity contribution in [2.75, 3.05) is 33.9 Å². The number of carbonyl (C=O) groups is 2. The van der Waals surface area contributed by atoms with Crippen LogP contribution in [-0.4, -0.2) is 66.3 Å². The van der Waals surface area contributed by atoms with Crippen LogP contribution in [0.2, 0.25) is 0 Å². The van der Waals surface area contributed by atoms with Crippen molar-refractivity contribution < 1.29 is 24.0 Å². The van der Waals surface area contributed by atoms with E-state index in [0.717, 1.165) is 5.56 Å². The number of nitro groups is 1. The normalized spacial score (nSPS) is 15.2. The van der Waals surface area contributed by atoms with Gasteiger partial charge in [-0.1, -0.05) is 12.1 Å². The van der Waals surface area contributed by atoms with Crippen LogP contribution >= 0.6 is 0 Å². The second-order valence-corrected chi connectivity index (χ2v) is 7.52. The molecule has 1 aliphatic heterocycles. The lowest BCUT2D eigenvalue weighted by molar-refractivity contribution is -0.384. The number of hydrogen-bond acceptors (Lipinski definition) is 7. The van der Waals surface area contributed by atoms with E-state index in [0.29, 0.717) is 30.1 Å². The Bertz CT molecular complexity index is 1040. The summed E-state index contributed by atoms with van der Waals surface area (Å²) in [5.41, 5.74) is 2.16. The van der Waals surface area contributed by atoms with Gasteiger partial charge in [0.25, 0.3) is 11.6 Å². The minimum atomic E-state index is -0.466. The van der Waals surface area contributed by atoms with Gasteiger partial charge in [-0.2, -0.15) is 5.10 Å². The molecule has 1 atom stereocenters. The number of ether oxygens (including phenoxy) is 2. The SMILES string of the molecule is COCCN(CC(=O)N1N=C(c2ccc([N+](=O)[O-])cc2)C[C@@H]1c1ccc(OC)cc1)C(C)=O. The quantitative estimate of drug-likeness (QED) is 0.425. The third-order valence-corrected chi connectivity index (χ3v) is 5.41. The molecule has 0 fully saturated rings. The van der Waals surface area contributed by atoms with Gasteiger partial charge in [0.1, 0.15) is 12.3 Å². The van der Waals surface area contributed by atoms with Crippen LogP contribution in [0.4, 0.5) is 5.69 Å². The van der Waals surface area contributed by atoms with E-state index >= 15 is 0 Å². The van der Waals surface area contributed by atoms with Gasteiger partial charge in [-0.05, 0) is 35.4 Å². The summed E-state index contributed by atoms with van der Waals surface area (Å²) < 4.78 is 10.3. The lowest BCUT2D eigenvalue weighted by Gasteiger charge is -2.26. The van der Waals surface area contributed by atoms with Crippen LogP contribution in [0.25, 0.3) is 0 Å². The zero-order chi connectivity index (χ0) is 24.0. The van der Waals surface area contributed by atoms with Crippen LogP contribution in [0, 0.1) is 10.1 Å². The average Bonchev–Trinajstić information content (AvgIpc) is 3.27. The molecule has 0 aliphatic carbocycles. The maximum absolute atomic E-state index is 13.2. The summed E-state index contributed by atoms with van der Waals surface area (Å²) in [6.07, 6.45) is 0.425. The maximum atomic E-state index is 13.2. The van der Waals surface area contributed by atoms with Gasteiger partial charge >= 0.3 is 0 Å². The van der Waals surface area contributed by atoms with Gasteiger partial charge < -0.3 is 14.4 Å². The number of amides is 2. The van der Waals surface area contributed by atoms with Crippen molar-refractivity contribution in [3.63, 3.8) is 0 Å². The van der Waals surface area contributed by atoms with Gasteiger partial charge in [-0.25, -0.2) is 5.01 Å². The molecule has 1 heterocycles. The highest BCUT2D eigenvalue weighted by molar-refractivity contribution is 6.03. The number of carbonyl (C=O) groups excluding carboxylic acids is 2. The molecule has 3 rings (SSSR count). The third kappa shape index (κ3) is 5.72. The fourth-order valence-electron chi connectivity index (χ4n) is 3.56.